The first-order valence-electron chi connectivity index (χ1n) is 14.4. The first kappa shape index (κ1) is 31.9. The number of halogens is 2. The maximum absolute atomic E-state index is 10.0. The van der Waals surface area contributed by atoms with Crippen molar-refractivity contribution < 1.29 is 14.2 Å². The van der Waals surface area contributed by atoms with Gasteiger partial charge in [-0.3, -0.25) is 4.68 Å². The van der Waals surface area contributed by atoms with Gasteiger partial charge in [0.1, 0.15) is 11.8 Å². The number of hydrogen-bond acceptors (Lipinski definition) is 6. The van der Waals surface area contributed by atoms with Crippen molar-refractivity contribution in [2.45, 2.75) is 58.3 Å². The SMILES string of the molecule is C=C(OCC(C)C)c1cc(C2C(OC)C(c3cn(Cc4c(Cl)cccc4Cl)nc3C#N)C2OC)ccc1N(CC)CC. The summed E-state index contributed by atoms with van der Waals surface area (Å²) in [5, 5.41) is 15.7. The predicted molar refractivity (Wildman–Crippen MR) is 169 cm³/mol. The predicted octanol–water partition coefficient (Wildman–Crippen LogP) is 7.51. The van der Waals surface area contributed by atoms with Gasteiger partial charge in [-0.1, -0.05) is 55.8 Å². The molecule has 1 heterocycles. The zero-order valence-electron chi connectivity index (χ0n) is 25.2. The Hall–Kier alpha value is -3.02. The molecule has 9 heteroatoms. The Kier molecular flexibility index (Phi) is 10.6. The highest BCUT2D eigenvalue weighted by Crippen LogP contribution is 2.52. The van der Waals surface area contributed by atoms with Gasteiger partial charge in [0.15, 0.2) is 5.69 Å². The Balaban J connectivity index is 1.69. The molecule has 4 rings (SSSR count). The lowest BCUT2D eigenvalue weighted by atomic mass is 9.63. The molecule has 3 aromatic rings. The second-order valence-electron chi connectivity index (χ2n) is 11.0. The van der Waals surface area contributed by atoms with Crippen molar-refractivity contribution in [1.29, 1.82) is 5.26 Å². The van der Waals surface area contributed by atoms with Gasteiger partial charge in [0.2, 0.25) is 0 Å². The smallest absolute Gasteiger partial charge is 0.166 e. The van der Waals surface area contributed by atoms with Gasteiger partial charge in [0.25, 0.3) is 0 Å². The second kappa shape index (κ2) is 14.0. The molecular formula is C33H40Cl2N4O3. The first-order chi connectivity index (χ1) is 20.2. The van der Waals surface area contributed by atoms with Crippen molar-refractivity contribution >= 4 is 34.6 Å². The van der Waals surface area contributed by atoms with Gasteiger partial charge in [-0.05, 0) is 49.6 Å². The summed E-state index contributed by atoms with van der Waals surface area (Å²) in [6.45, 7) is 15.5. The van der Waals surface area contributed by atoms with Crippen LogP contribution >= 0.6 is 23.2 Å². The molecule has 0 spiro atoms. The van der Waals surface area contributed by atoms with E-state index in [0.29, 0.717) is 40.6 Å². The summed E-state index contributed by atoms with van der Waals surface area (Å²) < 4.78 is 20.0. The standard InChI is InChI=1S/C33H40Cl2N4O3/c1-8-38(9-2)29-14-13-22(15-23(29)21(5)42-19-20(3)4)30-32(40-6)31(33(30)41-7)25-18-39(37-28(25)16-36)17-24-26(34)11-10-12-27(24)35/h10-15,18,20,30-33H,5,8-9,17,19H2,1-4,6-7H3. The Bertz CT molecular complexity index is 1410. The Morgan fingerprint density at radius 1 is 1.07 bits per heavy atom. The number of anilines is 1. The highest BCUT2D eigenvalue weighted by molar-refractivity contribution is 6.35. The lowest BCUT2D eigenvalue weighted by molar-refractivity contribution is -0.115. The minimum atomic E-state index is -0.236. The number of nitriles is 1. The molecule has 224 valence electrons. The molecule has 1 fully saturated rings. The molecule has 1 aliphatic rings. The summed E-state index contributed by atoms with van der Waals surface area (Å²) in [7, 11) is 3.40. The highest BCUT2D eigenvalue weighted by Gasteiger charge is 2.54. The van der Waals surface area contributed by atoms with Crippen LogP contribution in [0.1, 0.15) is 67.5 Å². The molecule has 1 aliphatic carbocycles. The molecule has 0 N–H and O–H groups in total. The zero-order valence-corrected chi connectivity index (χ0v) is 26.7. The van der Waals surface area contributed by atoms with Gasteiger partial charge in [-0.2, -0.15) is 10.4 Å². The molecular weight excluding hydrogens is 571 g/mol. The zero-order chi connectivity index (χ0) is 30.6. The van der Waals surface area contributed by atoms with E-state index in [2.05, 4.69) is 68.5 Å². The molecule has 2 atom stereocenters. The number of methoxy groups -OCH3 is 2. The fourth-order valence-electron chi connectivity index (χ4n) is 5.86. The van der Waals surface area contributed by atoms with Crippen molar-refractivity contribution in [1.82, 2.24) is 9.78 Å². The molecule has 42 heavy (non-hydrogen) atoms. The number of rotatable bonds is 13. The van der Waals surface area contributed by atoms with E-state index < -0.39 is 0 Å². The normalized spacial score (nSPS) is 19.8. The molecule has 7 nitrogen and oxygen atoms in total. The van der Waals surface area contributed by atoms with E-state index in [4.69, 9.17) is 37.4 Å². The van der Waals surface area contributed by atoms with Crippen LogP contribution in [0.15, 0.2) is 49.2 Å². The monoisotopic (exact) mass is 610 g/mol. The topological polar surface area (TPSA) is 72.5 Å². The van der Waals surface area contributed by atoms with Crippen LogP contribution in [0.25, 0.3) is 5.76 Å². The lowest BCUT2D eigenvalue weighted by Crippen LogP contribution is -2.53. The van der Waals surface area contributed by atoms with Crippen LogP contribution in [0.3, 0.4) is 0 Å². The van der Waals surface area contributed by atoms with E-state index in [1.807, 2.05) is 6.20 Å². The van der Waals surface area contributed by atoms with Crippen LogP contribution in [0.2, 0.25) is 10.0 Å². The summed E-state index contributed by atoms with van der Waals surface area (Å²) in [5.74, 6) is 0.772. The van der Waals surface area contributed by atoms with E-state index in [9.17, 15) is 5.26 Å². The average Bonchev–Trinajstić information content (AvgIpc) is 3.36. The van der Waals surface area contributed by atoms with Crippen molar-refractivity contribution in [3.8, 4) is 6.07 Å². The van der Waals surface area contributed by atoms with Crippen molar-refractivity contribution in [2.75, 3.05) is 38.8 Å². The number of ether oxygens (including phenoxy) is 3. The van der Waals surface area contributed by atoms with Gasteiger partial charge in [0.05, 0.1) is 25.4 Å². The minimum Gasteiger partial charge on any atom is -0.493 e. The summed E-state index contributed by atoms with van der Waals surface area (Å²) in [4.78, 5) is 2.30. The van der Waals surface area contributed by atoms with Gasteiger partial charge < -0.3 is 19.1 Å². The summed E-state index contributed by atoms with van der Waals surface area (Å²) in [5.41, 5.74) is 4.98. The van der Waals surface area contributed by atoms with Crippen LogP contribution in [0, 0.1) is 17.2 Å². The van der Waals surface area contributed by atoms with Crippen LogP contribution in [-0.4, -0.2) is 55.9 Å². The molecule has 1 saturated carbocycles. The number of benzene rings is 2. The highest BCUT2D eigenvalue weighted by atomic mass is 35.5. The van der Waals surface area contributed by atoms with Gasteiger partial charge in [-0.25, -0.2) is 0 Å². The Morgan fingerprint density at radius 2 is 1.71 bits per heavy atom. The Morgan fingerprint density at radius 3 is 2.26 bits per heavy atom. The maximum atomic E-state index is 10.0. The third-order valence-corrected chi connectivity index (χ3v) is 8.71. The van der Waals surface area contributed by atoms with Crippen LogP contribution in [0.4, 0.5) is 5.69 Å². The molecule has 2 unspecified atom stereocenters. The molecule has 0 aliphatic heterocycles. The summed E-state index contributed by atoms with van der Waals surface area (Å²) in [6.07, 6.45) is 1.41. The lowest BCUT2D eigenvalue weighted by Gasteiger charge is -2.50. The fourth-order valence-corrected chi connectivity index (χ4v) is 6.38. The number of nitrogens with zero attached hydrogens (tertiary/aromatic N) is 4. The number of aromatic nitrogens is 2. The largest absolute Gasteiger partial charge is 0.493 e. The third kappa shape index (κ3) is 6.33. The molecule has 0 radical (unpaired) electrons. The third-order valence-electron chi connectivity index (χ3n) is 8.00. The molecule has 0 bridgehead atoms. The van der Waals surface area contributed by atoms with Crippen LogP contribution in [0.5, 0.6) is 0 Å². The molecule has 1 aromatic heterocycles. The maximum Gasteiger partial charge on any atom is 0.166 e. The quantitative estimate of drug-likeness (QED) is 0.186. The molecule has 2 aromatic carbocycles. The first-order valence-corrected chi connectivity index (χ1v) is 15.1. The summed E-state index contributed by atoms with van der Waals surface area (Å²) >= 11 is 12.8. The summed E-state index contributed by atoms with van der Waals surface area (Å²) in [6, 6.07) is 14.1. The number of hydrogen-bond donors (Lipinski definition) is 0. The van der Waals surface area contributed by atoms with E-state index in [-0.39, 0.29) is 24.0 Å². The van der Waals surface area contributed by atoms with Crippen LogP contribution < -0.4 is 4.90 Å². The van der Waals surface area contributed by atoms with Gasteiger partial charge in [0, 0.05) is 77.8 Å². The van der Waals surface area contributed by atoms with Crippen molar-refractivity contribution in [2.24, 2.45) is 5.92 Å². The van der Waals surface area contributed by atoms with Crippen molar-refractivity contribution in [3.05, 3.63) is 87.2 Å². The fraction of sp³-hybridized carbons (Fsp3) is 0.455. The van der Waals surface area contributed by atoms with Crippen LogP contribution in [-0.2, 0) is 20.8 Å². The van der Waals surface area contributed by atoms with E-state index in [1.54, 1.807) is 37.1 Å². The van der Waals surface area contributed by atoms with E-state index in [0.717, 1.165) is 41.0 Å². The minimum absolute atomic E-state index is 0.0692. The second-order valence-corrected chi connectivity index (χ2v) is 11.8. The average molecular weight is 612 g/mol. The van der Waals surface area contributed by atoms with E-state index >= 15 is 0 Å². The Labute approximate surface area is 259 Å². The molecule has 0 saturated heterocycles. The molecule has 0 amide bonds. The van der Waals surface area contributed by atoms with Gasteiger partial charge >= 0.3 is 0 Å². The van der Waals surface area contributed by atoms with E-state index in [1.165, 1.54) is 0 Å². The van der Waals surface area contributed by atoms with Crippen molar-refractivity contribution in [3.63, 3.8) is 0 Å². The van der Waals surface area contributed by atoms with Gasteiger partial charge in [-0.15, -0.1) is 0 Å².